The summed E-state index contributed by atoms with van der Waals surface area (Å²) in [7, 11) is -1.91. The Kier molecular flexibility index (Phi) is 3.77. The minimum atomic E-state index is -3.62. The molecule has 1 fully saturated rings. The van der Waals surface area contributed by atoms with Crippen molar-refractivity contribution in [1.29, 1.82) is 5.41 Å². The molecule has 1 heterocycles. The third-order valence-corrected chi connectivity index (χ3v) is 4.98. The van der Waals surface area contributed by atoms with Gasteiger partial charge in [0.1, 0.15) is 0 Å². The van der Waals surface area contributed by atoms with Crippen LogP contribution in [0.5, 0.6) is 0 Å². The number of sulfonamides is 1. The summed E-state index contributed by atoms with van der Waals surface area (Å²) < 4.78 is 25.9. The third kappa shape index (κ3) is 2.57. The Morgan fingerprint density at radius 1 is 1.26 bits per heavy atom. The average Bonchev–Trinajstić information content (AvgIpc) is 2.72. The zero-order valence-electron chi connectivity index (χ0n) is 10.8. The molecular weight excluding hydrogens is 264 g/mol. The molecule has 7 heteroatoms. The molecule has 0 radical (unpaired) electrons. The zero-order chi connectivity index (χ0) is 14.0. The monoisotopic (exact) mass is 282 g/mol. The number of nitrogens with one attached hydrogen (secondary N) is 1. The van der Waals surface area contributed by atoms with Crippen LogP contribution in [0, 0.1) is 5.41 Å². The Bertz CT molecular complexity index is 568. The normalized spacial score (nSPS) is 16.2. The lowest BCUT2D eigenvalue weighted by Gasteiger charge is -2.19. The quantitative estimate of drug-likeness (QED) is 0.817. The van der Waals surface area contributed by atoms with Gasteiger partial charge in [-0.15, -0.1) is 0 Å². The maximum Gasteiger partial charge on any atom is 0.266 e. The fraction of sp³-hybridized carbons (Fsp3) is 0.417. The van der Waals surface area contributed by atoms with Crippen LogP contribution in [-0.4, -0.2) is 50.3 Å². The zero-order valence-corrected chi connectivity index (χ0v) is 11.7. The van der Waals surface area contributed by atoms with Gasteiger partial charge in [0.2, 0.25) is 5.96 Å². The molecule has 104 valence electrons. The van der Waals surface area contributed by atoms with Gasteiger partial charge >= 0.3 is 0 Å². The van der Waals surface area contributed by atoms with Crippen molar-refractivity contribution >= 4 is 16.0 Å². The van der Waals surface area contributed by atoms with Gasteiger partial charge in [-0.1, -0.05) is 12.1 Å². The van der Waals surface area contributed by atoms with Crippen molar-refractivity contribution in [2.75, 3.05) is 26.7 Å². The van der Waals surface area contributed by atoms with Crippen LogP contribution in [0.1, 0.15) is 5.56 Å². The Hall–Kier alpha value is -1.60. The maximum atomic E-state index is 12.4. The molecule has 0 saturated carbocycles. The SMILES string of the molecule is CN1CCN(S(=O)(=O)c2ccc(CCN)cc2)C1=N. The summed E-state index contributed by atoms with van der Waals surface area (Å²) in [6, 6.07) is 6.68. The molecule has 0 spiro atoms. The standard InChI is InChI=1S/C12H18N4O2S/c1-15-8-9-16(12(15)14)19(17,18)11-4-2-10(3-5-11)6-7-13/h2-5,14H,6-9,13H2,1H3. The van der Waals surface area contributed by atoms with Crippen LogP contribution in [-0.2, 0) is 16.4 Å². The molecular formula is C12H18N4O2S. The first kappa shape index (κ1) is 13.8. The van der Waals surface area contributed by atoms with E-state index in [0.29, 0.717) is 19.6 Å². The number of benzene rings is 1. The van der Waals surface area contributed by atoms with Gasteiger partial charge in [-0.25, -0.2) is 12.7 Å². The maximum absolute atomic E-state index is 12.4. The Balaban J connectivity index is 2.27. The van der Waals surface area contributed by atoms with Crippen molar-refractivity contribution in [1.82, 2.24) is 9.21 Å². The molecule has 2 rings (SSSR count). The van der Waals surface area contributed by atoms with Gasteiger partial charge in [0.05, 0.1) is 11.4 Å². The summed E-state index contributed by atoms with van der Waals surface area (Å²) >= 11 is 0. The van der Waals surface area contributed by atoms with E-state index in [-0.39, 0.29) is 10.9 Å². The lowest BCUT2D eigenvalue weighted by Crippen LogP contribution is -2.35. The van der Waals surface area contributed by atoms with Gasteiger partial charge in [0.25, 0.3) is 10.0 Å². The first-order valence-corrected chi connectivity index (χ1v) is 7.52. The number of likely N-dealkylation sites (N-methyl/N-ethyl adjacent to an activating group) is 1. The van der Waals surface area contributed by atoms with E-state index in [9.17, 15) is 8.42 Å². The van der Waals surface area contributed by atoms with Gasteiger partial charge in [0, 0.05) is 13.6 Å². The molecule has 1 aliphatic heterocycles. The summed E-state index contributed by atoms with van der Waals surface area (Å²) in [5, 5.41) is 7.78. The number of hydrogen-bond acceptors (Lipinski definition) is 4. The lowest BCUT2D eigenvalue weighted by molar-refractivity contribution is 0.538. The van der Waals surface area contributed by atoms with Gasteiger partial charge < -0.3 is 10.6 Å². The highest BCUT2D eigenvalue weighted by Gasteiger charge is 2.33. The Morgan fingerprint density at radius 2 is 1.89 bits per heavy atom. The van der Waals surface area contributed by atoms with Crippen LogP contribution in [0.4, 0.5) is 0 Å². The predicted molar refractivity (Wildman–Crippen MR) is 73.4 cm³/mol. The summed E-state index contributed by atoms with van der Waals surface area (Å²) in [5.74, 6) is 0.0195. The molecule has 0 bridgehead atoms. The molecule has 0 aliphatic carbocycles. The molecule has 1 aromatic rings. The van der Waals surface area contributed by atoms with E-state index in [1.165, 1.54) is 0 Å². The Labute approximate surface area is 113 Å². The second-order valence-electron chi connectivity index (χ2n) is 4.50. The van der Waals surface area contributed by atoms with Crippen molar-refractivity contribution in [2.45, 2.75) is 11.3 Å². The number of nitrogens with zero attached hydrogens (tertiary/aromatic N) is 2. The number of guanidine groups is 1. The van der Waals surface area contributed by atoms with Crippen molar-refractivity contribution < 1.29 is 8.42 Å². The second-order valence-corrected chi connectivity index (χ2v) is 6.37. The van der Waals surface area contributed by atoms with Crippen LogP contribution < -0.4 is 5.73 Å². The van der Waals surface area contributed by atoms with E-state index >= 15 is 0 Å². The number of nitrogens with two attached hydrogens (primary N) is 1. The van der Waals surface area contributed by atoms with Gasteiger partial charge in [-0.05, 0) is 30.7 Å². The second kappa shape index (κ2) is 5.18. The summed E-state index contributed by atoms with van der Waals surface area (Å²) in [4.78, 5) is 1.83. The van der Waals surface area contributed by atoms with Crippen LogP contribution in [0.15, 0.2) is 29.2 Å². The molecule has 0 atom stereocenters. The Morgan fingerprint density at radius 3 is 2.37 bits per heavy atom. The molecule has 6 nitrogen and oxygen atoms in total. The first-order valence-electron chi connectivity index (χ1n) is 6.08. The molecule has 0 aromatic heterocycles. The first-order chi connectivity index (χ1) is 8.96. The lowest BCUT2D eigenvalue weighted by atomic mass is 10.2. The third-order valence-electron chi connectivity index (χ3n) is 3.18. The molecule has 0 amide bonds. The predicted octanol–water partition coefficient (Wildman–Crippen LogP) is 0.0587. The molecule has 1 aromatic carbocycles. The van der Waals surface area contributed by atoms with Crippen LogP contribution in [0.3, 0.4) is 0 Å². The molecule has 1 saturated heterocycles. The summed E-state index contributed by atoms with van der Waals surface area (Å²) in [5.41, 5.74) is 6.47. The highest BCUT2D eigenvalue weighted by atomic mass is 32.2. The highest BCUT2D eigenvalue weighted by Crippen LogP contribution is 2.20. The van der Waals surface area contributed by atoms with Crippen LogP contribution >= 0.6 is 0 Å². The molecule has 0 unspecified atom stereocenters. The fourth-order valence-corrected chi connectivity index (χ4v) is 3.42. The van der Waals surface area contributed by atoms with E-state index < -0.39 is 10.0 Å². The van der Waals surface area contributed by atoms with Gasteiger partial charge in [-0.3, -0.25) is 5.41 Å². The van der Waals surface area contributed by atoms with Gasteiger partial charge in [-0.2, -0.15) is 0 Å². The van der Waals surface area contributed by atoms with Crippen LogP contribution in [0.25, 0.3) is 0 Å². The largest absolute Gasteiger partial charge is 0.343 e. The highest BCUT2D eigenvalue weighted by molar-refractivity contribution is 7.89. The number of hydrogen-bond donors (Lipinski definition) is 2. The molecule has 3 N–H and O–H groups in total. The number of rotatable bonds is 4. The average molecular weight is 282 g/mol. The van der Waals surface area contributed by atoms with E-state index in [0.717, 1.165) is 16.3 Å². The summed E-state index contributed by atoms with van der Waals surface area (Å²) in [6.45, 7) is 1.40. The van der Waals surface area contributed by atoms with E-state index in [1.54, 1.807) is 36.2 Å². The van der Waals surface area contributed by atoms with Crippen molar-refractivity contribution in [3.05, 3.63) is 29.8 Å². The summed E-state index contributed by atoms with van der Waals surface area (Å²) in [6.07, 6.45) is 0.725. The van der Waals surface area contributed by atoms with Crippen LogP contribution in [0.2, 0.25) is 0 Å². The van der Waals surface area contributed by atoms with Crippen molar-refractivity contribution in [3.8, 4) is 0 Å². The van der Waals surface area contributed by atoms with Crippen molar-refractivity contribution in [2.24, 2.45) is 5.73 Å². The molecule has 1 aliphatic rings. The smallest absolute Gasteiger partial charge is 0.266 e. The van der Waals surface area contributed by atoms with E-state index in [2.05, 4.69) is 0 Å². The fourth-order valence-electron chi connectivity index (χ4n) is 2.00. The molecule has 19 heavy (non-hydrogen) atoms. The van der Waals surface area contributed by atoms with E-state index in [1.807, 2.05) is 0 Å². The minimum Gasteiger partial charge on any atom is -0.343 e. The topological polar surface area (TPSA) is 90.5 Å². The van der Waals surface area contributed by atoms with Gasteiger partial charge in [0.15, 0.2) is 0 Å². The minimum absolute atomic E-state index is 0.0195. The van der Waals surface area contributed by atoms with E-state index in [4.69, 9.17) is 11.1 Å². The van der Waals surface area contributed by atoms with Crippen molar-refractivity contribution in [3.63, 3.8) is 0 Å².